The van der Waals surface area contributed by atoms with E-state index in [9.17, 15) is 0 Å². The average Bonchev–Trinajstić information content (AvgIpc) is 0. The van der Waals surface area contributed by atoms with Crippen molar-refractivity contribution in [3.8, 4) is 0 Å². The van der Waals surface area contributed by atoms with E-state index in [1.54, 1.807) is 0 Å². The zero-order chi connectivity index (χ0) is 0. The third kappa shape index (κ3) is 37.7. The molecule has 0 atom stereocenters. The molecule has 0 heterocycles. The van der Waals surface area contributed by atoms with E-state index in [4.69, 9.17) is 0 Å². The van der Waals surface area contributed by atoms with E-state index in [0.717, 1.165) is 0 Å². The minimum absolute atomic E-state index is 0. The molecular weight excluding hydrogens is 1330 g/mol. The molecule has 0 aliphatic heterocycles. The molecule has 0 aromatic rings. The van der Waals surface area contributed by atoms with Crippen molar-refractivity contribution in [1.82, 2.24) is 0 Å². The Morgan fingerprint density at radius 3 is 0.143 bits per heavy atom. The Morgan fingerprint density at radius 1 is 0.143 bits per heavy atom. The maximum absolute atomic E-state index is 0. The van der Waals surface area contributed by atoms with Crippen LogP contribution in [-0.4, -0.2) is 0 Å². The molecule has 0 rings (SSSR count). The van der Waals surface area contributed by atoms with Crippen LogP contribution in [0.3, 0.4) is 0 Å². The van der Waals surface area contributed by atoms with Crippen molar-refractivity contribution in [2.45, 2.75) is 0 Å². The summed E-state index contributed by atoms with van der Waals surface area (Å²) in [5.74, 6) is 0. The third-order valence-corrected chi connectivity index (χ3v) is 0. The van der Waals surface area contributed by atoms with Crippen LogP contribution in [0.2, 0.25) is 0 Å². The van der Waals surface area contributed by atoms with Crippen LogP contribution in [0, 0.1) is 0 Å². The molecule has 0 N–H and O–H groups in total. The van der Waals surface area contributed by atoms with E-state index in [1.807, 2.05) is 0 Å². The predicted octanol–water partition coefficient (Wildman–Crippen LogP) is -0.0175. The standard InChI is InChI=1S/7Os. The largest absolute Gasteiger partial charge is 0 e. The van der Waals surface area contributed by atoms with E-state index < -0.39 is 0 Å². The second kappa shape index (κ2) is 47.1. The van der Waals surface area contributed by atoms with Crippen LogP contribution in [0.25, 0.3) is 0 Å². The molecule has 0 aliphatic carbocycles. The Labute approximate surface area is 136 Å². The maximum Gasteiger partial charge on any atom is 0 e. The molecule has 0 amide bonds. The van der Waals surface area contributed by atoms with Crippen LogP contribution in [0.5, 0.6) is 0 Å². The smallest absolute Gasteiger partial charge is 0 e. The zero-order valence-corrected chi connectivity index (χ0v) is 20.3. The first-order valence-corrected chi connectivity index (χ1v) is 0. The summed E-state index contributed by atoms with van der Waals surface area (Å²) in [4.78, 5) is 0. The molecule has 0 spiro atoms. The van der Waals surface area contributed by atoms with Crippen molar-refractivity contribution >= 4 is 0 Å². The Kier molecular flexibility index (Phi) is 424. The number of hydrogen-bond donors (Lipinski definition) is 0. The summed E-state index contributed by atoms with van der Waals surface area (Å²) in [6.07, 6.45) is 0. The van der Waals surface area contributed by atoms with Crippen molar-refractivity contribution in [2.75, 3.05) is 0 Å². The van der Waals surface area contributed by atoms with E-state index in [1.165, 1.54) is 0 Å². The SMILES string of the molecule is [Os].[Os].[Os].[Os].[Os].[Os].[Os]. The summed E-state index contributed by atoms with van der Waals surface area (Å²) in [7, 11) is 0. The van der Waals surface area contributed by atoms with E-state index in [2.05, 4.69) is 0 Å². The Balaban J connectivity index is 0. The minimum atomic E-state index is 0. The van der Waals surface area contributed by atoms with Gasteiger partial charge in [-0.3, -0.25) is 0 Å². The fraction of sp³-hybridized carbons (Fsp3) is 0. The zero-order valence-electron chi connectivity index (χ0n) is 2.47. The van der Waals surface area contributed by atoms with Gasteiger partial charge in [0, 0.05) is 139 Å². The fourth-order valence-corrected chi connectivity index (χ4v) is 0. The van der Waals surface area contributed by atoms with Gasteiger partial charge < -0.3 is 0 Å². The molecule has 0 fully saturated rings. The maximum atomic E-state index is 0. The topological polar surface area (TPSA) is 0 Å². The summed E-state index contributed by atoms with van der Waals surface area (Å²) in [6.45, 7) is 0. The van der Waals surface area contributed by atoms with Crippen molar-refractivity contribution in [3.05, 3.63) is 0 Å². The molecule has 7 heavy (non-hydrogen) atoms. The van der Waals surface area contributed by atoms with Crippen LogP contribution in [0.15, 0.2) is 0 Å². The summed E-state index contributed by atoms with van der Waals surface area (Å²) in [5, 5.41) is 0. The molecule has 0 aliphatic rings. The molecule has 7 heteroatoms. The summed E-state index contributed by atoms with van der Waals surface area (Å²) in [5.41, 5.74) is 0. The van der Waals surface area contributed by atoms with Crippen molar-refractivity contribution in [3.63, 3.8) is 0 Å². The Morgan fingerprint density at radius 2 is 0.143 bits per heavy atom. The molecule has 0 bridgehead atoms. The van der Waals surface area contributed by atoms with Gasteiger partial charge in [-0.1, -0.05) is 0 Å². The quantitative estimate of drug-likeness (QED) is 0.321. The molecule has 0 aromatic heterocycles. The number of hydrogen-bond acceptors (Lipinski definition) is 0. The first-order chi connectivity index (χ1) is 0. The minimum Gasteiger partial charge on any atom is 0 e. The predicted molar refractivity (Wildman–Crippen MR) is 0 cm³/mol. The third-order valence-electron chi connectivity index (χ3n) is 0. The molecule has 0 saturated heterocycles. The molecular formula is Os7. The average molecular weight is 1330 g/mol. The van der Waals surface area contributed by atoms with Gasteiger partial charge in [0.05, 0.1) is 0 Å². The number of rotatable bonds is 0. The second-order valence-corrected chi connectivity index (χ2v) is 0. The van der Waals surface area contributed by atoms with E-state index in [-0.39, 0.29) is 139 Å². The van der Waals surface area contributed by atoms with Crippen LogP contribution in [-0.2, 0) is 139 Å². The summed E-state index contributed by atoms with van der Waals surface area (Å²) in [6, 6.07) is 0. The van der Waals surface area contributed by atoms with Crippen LogP contribution in [0.1, 0.15) is 0 Å². The second-order valence-electron chi connectivity index (χ2n) is 0. The van der Waals surface area contributed by atoms with E-state index >= 15 is 0 Å². The molecule has 0 aromatic carbocycles. The normalized spacial score (nSPS) is 0. The monoisotopic (exact) mass is 1340 g/mol. The van der Waals surface area contributed by atoms with Crippen LogP contribution < -0.4 is 0 Å². The van der Waals surface area contributed by atoms with Crippen molar-refractivity contribution in [1.29, 1.82) is 0 Å². The Bertz CT molecular complexity index is 0. The first kappa shape index (κ1) is 63.1. The van der Waals surface area contributed by atoms with Gasteiger partial charge in [-0.15, -0.1) is 0 Å². The molecule has 0 saturated carbocycles. The van der Waals surface area contributed by atoms with Gasteiger partial charge in [0.2, 0.25) is 0 Å². The van der Waals surface area contributed by atoms with Gasteiger partial charge >= 0.3 is 0 Å². The van der Waals surface area contributed by atoms with Gasteiger partial charge in [0.15, 0.2) is 0 Å². The van der Waals surface area contributed by atoms with E-state index in [0.29, 0.717) is 0 Å². The Hall–Kier alpha value is 4.45. The van der Waals surface area contributed by atoms with Gasteiger partial charge in [-0.2, -0.15) is 0 Å². The van der Waals surface area contributed by atoms with Crippen molar-refractivity contribution < 1.29 is 139 Å². The van der Waals surface area contributed by atoms with Gasteiger partial charge in [-0.05, 0) is 0 Å². The van der Waals surface area contributed by atoms with Gasteiger partial charge in [0.1, 0.15) is 0 Å². The van der Waals surface area contributed by atoms with Crippen LogP contribution >= 0.6 is 0 Å². The molecule has 0 radical (unpaired) electrons. The first-order valence-electron chi connectivity index (χ1n) is 0. The summed E-state index contributed by atoms with van der Waals surface area (Å²) >= 11 is 0. The van der Waals surface area contributed by atoms with Gasteiger partial charge in [-0.25, -0.2) is 0 Å². The van der Waals surface area contributed by atoms with Crippen LogP contribution in [0.4, 0.5) is 0 Å². The summed E-state index contributed by atoms with van der Waals surface area (Å²) < 4.78 is 0. The molecule has 0 unspecified atom stereocenters. The molecule has 0 nitrogen and oxygen atoms in total. The fourth-order valence-electron chi connectivity index (χ4n) is 0. The molecule has 56 valence electrons. The van der Waals surface area contributed by atoms with Gasteiger partial charge in [0.25, 0.3) is 0 Å². The van der Waals surface area contributed by atoms with Crippen molar-refractivity contribution in [2.24, 2.45) is 0 Å².